The first kappa shape index (κ1) is 14.7. The molecule has 0 saturated carbocycles. The number of amides is 2. The number of aliphatic hydroxyl groups is 1. The van der Waals surface area contributed by atoms with E-state index in [1.54, 1.807) is 20.9 Å². The van der Waals surface area contributed by atoms with Crippen LogP contribution < -0.4 is 5.32 Å². The van der Waals surface area contributed by atoms with E-state index in [-0.39, 0.29) is 11.6 Å². The normalized spacial score (nSPS) is 11.2. The van der Waals surface area contributed by atoms with Crippen molar-refractivity contribution in [1.29, 1.82) is 0 Å². The van der Waals surface area contributed by atoms with Crippen LogP contribution in [0, 0.1) is 5.82 Å². The number of urea groups is 1. The molecule has 0 aliphatic rings. The molecule has 0 saturated heterocycles. The third kappa shape index (κ3) is 4.50. The molecule has 0 radical (unpaired) electrons. The molecule has 0 heterocycles. The molecule has 2 N–H and O–H groups in total. The van der Waals surface area contributed by atoms with Gasteiger partial charge in [0.2, 0.25) is 0 Å². The predicted molar refractivity (Wildman–Crippen MR) is 69.4 cm³/mol. The molecule has 0 aromatic heterocycles. The fraction of sp³-hybridized carbons (Fsp3) is 0.417. The molecule has 100 valence electrons. The molecule has 2 amide bonds. The first-order valence-corrected chi connectivity index (χ1v) is 5.76. The molecular formula is C12H16ClFN2O2. The van der Waals surface area contributed by atoms with Crippen LogP contribution in [0.15, 0.2) is 18.2 Å². The van der Waals surface area contributed by atoms with E-state index in [0.717, 1.165) is 6.07 Å². The molecule has 1 aromatic rings. The largest absolute Gasteiger partial charge is 0.389 e. The van der Waals surface area contributed by atoms with Gasteiger partial charge in [0.1, 0.15) is 5.82 Å². The number of carbonyl (C=O) groups excluding carboxylic acids is 1. The second-order valence-electron chi connectivity index (χ2n) is 4.73. The molecular weight excluding hydrogens is 259 g/mol. The molecule has 0 aliphatic heterocycles. The van der Waals surface area contributed by atoms with Crippen LogP contribution in [-0.4, -0.2) is 35.2 Å². The summed E-state index contributed by atoms with van der Waals surface area (Å²) in [7, 11) is 1.54. The summed E-state index contributed by atoms with van der Waals surface area (Å²) >= 11 is 5.54. The Kier molecular flexibility index (Phi) is 4.53. The lowest BCUT2D eigenvalue weighted by atomic mass is 10.1. The highest BCUT2D eigenvalue weighted by atomic mass is 35.5. The summed E-state index contributed by atoms with van der Waals surface area (Å²) in [6.07, 6.45) is 0. The van der Waals surface area contributed by atoms with Crippen molar-refractivity contribution in [2.24, 2.45) is 0 Å². The molecule has 6 heteroatoms. The van der Waals surface area contributed by atoms with E-state index in [1.807, 2.05) is 0 Å². The lowest BCUT2D eigenvalue weighted by Gasteiger charge is -2.25. The van der Waals surface area contributed by atoms with Crippen molar-refractivity contribution in [2.75, 3.05) is 18.9 Å². The van der Waals surface area contributed by atoms with Crippen molar-refractivity contribution >= 4 is 23.3 Å². The van der Waals surface area contributed by atoms with Crippen molar-refractivity contribution in [2.45, 2.75) is 19.4 Å². The highest BCUT2D eigenvalue weighted by Crippen LogP contribution is 2.19. The highest BCUT2D eigenvalue weighted by Gasteiger charge is 2.19. The molecule has 0 aliphatic carbocycles. The van der Waals surface area contributed by atoms with E-state index >= 15 is 0 Å². The van der Waals surface area contributed by atoms with Crippen LogP contribution in [0.1, 0.15) is 13.8 Å². The van der Waals surface area contributed by atoms with Gasteiger partial charge in [-0.15, -0.1) is 0 Å². The fourth-order valence-corrected chi connectivity index (χ4v) is 1.56. The lowest BCUT2D eigenvalue weighted by molar-refractivity contribution is 0.0550. The molecule has 1 aromatic carbocycles. The predicted octanol–water partition coefficient (Wildman–Crippen LogP) is 2.71. The zero-order chi connectivity index (χ0) is 13.9. The van der Waals surface area contributed by atoms with Crippen molar-refractivity contribution in [3.63, 3.8) is 0 Å². The zero-order valence-corrected chi connectivity index (χ0v) is 11.3. The Morgan fingerprint density at radius 1 is 1.56 bits per heavy atom. The summed E-state index contributed by atoms with van der Waals surface area (Å²) in [6.45, 7) is 3.35. The van der Waals surface area contributed by atoms with Crippen LogP contribution in [0.25, 0.3) is 0 Å². The van der Waals surface area contributed by atoms with E-state index in [4.69, 9.17) is 11.6 Å². The van der Waals surface area contributed by atoms with E-state index < -0.39 is 17.4 Å². The van der Waals surface area contributed by atoms with E-state index in [2.05, 4.69) is 5.32 Å². The number of nitrogens with zero attached hydrogens (tertiary/aromatic N) is 1. The van der Waals surface area contributed by atoms with Crippen molar-refractivity contribution in [1.82, 2.24) is 4.90 Å². The van der Waals surface area contributed by atoms with Gasteiger partial charge in [-0.1, -0.05) is 11.6 Å². The topological polar surface area (TPSA) is 52.6 Å². The van der Waals surface area contributed by atoms with Crippen molar-refractivity contribution in [3.05, 3.63) is 29.0 Å². The van der Waals surface area contributed by atoms with Crippen molar-refractivity contribution in [3.8, 4) is 0 Å². The quantitative estimate of drug-likeness (QED) is 0.890. The minimum Gasteiger partial charge on any atom is -0.389 e. The van der Waals surface area contributed by atoms with Gasteiger partial charge in [-0.2, -0.15) is 0 Å². The average molecular weight is 275 g/mol. The van der Waals surface area contributed by atoms with Gasteiger partial charge in [-0.25, -0.2) is 9.18 Å². The summed E-state index contributed by atoms with van der Waals surface area (Å²) in [5, 5.41) is 12.1. The van der Waals surface area contributed by atoms with Crippen LogP contribution in [0.4, 0.5) is 14.9 Å². The molecule has 18 heavy (non-hydrogen) atoms. The number of rotatable bonds is 3. The summed E-state index contributed by atoms with van der Waals surface area (Å²) < 4.78 is 13.2. The van der Waals surface area contributed by atoms with Crippen LogP contribution in [-0.2, 0) is 0 Å². The second-order valence-corrected chi connectivity index (χ2v) is 5.13. The van der Waals surface area contributed by atoms with Gasteiger partial charge >= 0.3 is 6.03 Å². The number of nitrogens with one attached hydrogen (secondary N) is 1. The monoisotopic (exact) mass is 274 g/mol. The Morgan fingerprint density at radius 3 is 2.67 bits per heavy atom. The molecule has 0 bridgehead atoms. The standard InChI is InChI=1S/C12H16ClFN2O2/c1-12(2,18)7-16(3)11(17)15-8-4-5-9(13)10(14)6-8/h4-6,18H,7H2,1-3H3,(H,15,17). The number of carbonyl (C=O) groups is 1. The SMILES string of the molecule is CN(CC(C)(C)O)C(=O)Nc1ccc(Cl)c(F)c1. The molecule has 0 fully saturated rings. The Morgan fingerprint density at radius 2 is 2.17 bits per heavy atom. The minimum atomic E-state index is -0.989. The number of hydrogen-bond acceptors (Lipinski definition) is 2. The Hall–Kier alpha value is -1.33. The highest BCUT2D eigenvalue weighted by molar-refractivity contribution is 6.30. The zero-order valence-electron chi connectivity index (χ0n) is 10.5. The minimum absolute atomic E-state index is 0.00200. The lowest BCUT2D eigenvalue weighted by Crippen LogP contribution is -2.41. The molecule has 1 rings (SSSR count). The maximum atomic E-state index is 13.2. The van der Waals surface area contributed by atoms with Gasteiger partial charge in [0.25, 0.3) is 0 Å². The Bertz CT molecular complexity index is 446. The number of benzene rings is 1. The summed E-state index contributed by atoms with van der Waals surface area (Å²) in [4.78, 5) is 13.0. The molecule has 0 atom stereocenters. The van der Waals surface area contributed by atoms with Gasteiger partial charge in [-0.05, 0) is 32.0 Å². The smallest absolute Gasteiger partial charge is 0.321 e. The fourth-order valence-electron chi connectivity index (χ4n) is 1.45. The average Bonchev–Trinajstić information content (AvgIpc) is 2.21. The number of anilines is 1. The van der Waals surface area contributed by atoms with Crippen LogP contribution >= 0.6 is 11.6 Å². The van der Waals surface area contributed by atoms with E-state index in [9.17, 15) is 14.3 Å². The number of hydrogen-bond donors (Lipinski definition) is 2. The first-order chi connectivity index (χ1) is 8.19. The van der Waals surface area contributed by atoms with Gasteiger partial charge in [0.05, 0.1) is 17.2 Å². The third-order valence-corrected chi connectivity index (χ3v) is 2.45. The van der Waals surface area contributed by atoms with Gasteiger partial charge in [-0.3, -0.25) is 0 Å². The summed E-state index contributed by atoms with van der Waals surface area (Å²) in [5.41, 5.74) is -0.679. The maximum absolute atomic E-state index is 13.2. The third-order valence-electron chi connectivity index (χ3n) is 2.14. The van der Waals surface area contributed by atoms with Crippen LogP contribution in [0.3, 0.4) is 0 Å². The summed E-state index contributed by atoms with van der Waals surface area (Å²) in [6, 6.07) is 3.57. The number of halogens is 2. The molecule has 0 unspecified atom stereocenters. The second kappa shape index (κ2) is 5.54. The molecule has 0 spiro atoms. The Labute approximate surface area is 110 Å². The Balaban J connectivity index is 2.67. The van der Waals surface area contributed by atoms with Gasteiger partial charge < -0.3 is 15.3 Å². The van der Waals surface area contributed by atoms with Gasteiger partial charge in [0.15, 0.2) is 0 Å². The first-order valence-electron chi connectivity index (χ1n) is 5.38. The van der Waals surface area contributed by atoms with Crippen LogP contribution in [0.2, 0.25) is 5.02 Å². The van der Waals surface area contributed by atoms with Gasteiger partial charge in [0, 0.05) is 12.7 Å². The summed E-state index contributed by atoms with van der Waals surface area (Å²) in [5.74, 6) is -0.598. The molecule has 4 nitrogen and oxygen atoms in total. The van der Waals surface area contributed by atoms with E-state index in [1.165, 1.54) is 17.0 Å². The van der Waals surface area contributed by atoms with E-state index in [0.29, 0.717) is 5.69 Å². The van der Waals surface area contributed by atoms with Crippen LogP contribution in [0.5, 0.6) is 0 Å². The van der Waals surface area contributed by atoms with Crippen molar-refractivity contribution < 1.29 is 14.3 Å². The maximum Gasteiger partial charge on any atom is 0.321 e. The number of likely N-dealkylation sites (N-methyl/N-ethyl adjacent to an activating group) is 1.